The van der Waals surface area contributed by atoms with Gasteiger partial charge in [-0.2, -0.15) is 0 Å². The summed E-state index contributed by atoms with van der Waals surface area (Å²) in [5.74, 6) is 0.847. The van der Waals surface area contributed by atoms with Crippen LogP contribution >= 0.6 is 11.8 Å². The summed E-state index contributed by atoms with van der Waals surface area (Å²) in [6.45, 7) is 11.0. The molecule has 0 radical (unpaired) electrons. The molecule has 0 aliphatic carbocycles. The van der Waals surface area contributed by atoms with Gasteiger partial charge >= 0.3 is 0 Å². The maximum atomic E-state index is 5.23. The number of nitrogens with zero attached hydrogens (tertiary/aromatic N) is 1. The molecule has 0 saturated heterocycles. The minimum Gasteiger partial charge on any atom is -0.440 e. The van der Waals surface area contributed by atoms with Crippen LogP contribution in [0.15, 0.2) is 28.1 Å². The van der Waals surface area contributed by atoms with Crippen LogP contribution in [-0.2, 0) is 0 Å². The first-order chi connectivity index (χ1) is 7.08. The van der Waals surface area contributed by atoms with E-state index in [1.165, 1.54) is 0 Å². The molecule has 1 aromatic rings. The van der Waals surface area contributed by atoms with Gasteiger partial charge < -0.3 is 9.73 Å². The maximum Gasteiger partial charge on any atom is 0.256 e. The first-order valence-corrected chi connectivity index (χ1v) is 6.01. The molecule has 1 rings (SSSR count). The summed E-state index contributed by atoms with van der Waals surface area (Å²) in [6.07, 6.45) is 1.66. The van der Waals surface area contributed by atoms with E-state index in [2.05, 4.69) is 30.7 Å². The molecule has 0 unspecified atom stereocenters. The summed E-state index contributed by atoms with van der Waals surface area (Å²) in [5, 5.41) is 4.04. The third kappa shape index (κ3) is 5.04. The molecule has 1 heterocycles. The van der Waals surface area contributed by atoms with Crippen LogP contribution in [0.2, 0.25) is 0 Å². The molecule has 0 saturated carbocycles. The van der Waals surface area contributed by atoms with Gasteiger partial charge in [-0.05, 0) is 6.92 Å². The fourth-order valence-corrected chi connectivity index (χ4v) is 1.72. The first-order valence-electron chi connectivity index (χ1n) is 5.03. The molecule has 0 fully saturated rings. The van der Waals surface area contributed by atoms with E-state index in [9.17, 15) is 0 Å². The van der Waals surface area contributed by atoms with Crippen molar-refractivity contribution in [1.82, 2.24) is 10.3 Å². The van der Waals surface area contributed by atoms with Gasteiger partial charge in [0.25, 0.3) is 5.22 Å². The Balaban J connectivity index is 2.22. The van der Waals surface area contributed by atoms with Gasteiger partial charge in [0.15, 0.2) is 0 Å². The lowest BCUT2D eigenvalue weighted by molar-refractivity contribution is 0.454. The molecule has 84 valence electrons. The Kier molecular flexibility index (Phi) is 4.91. The van der Waals surface area contributed by atoms with Gasteiger partial charge in [-0.25, -0.2) is 4.98 Å². The molecule has 0 aliphatic heterocycles. The lowest BCUT2D eigenvalue weighted by Crippen LogP contribution is -2.25. The van der Waals surface area contributed by atoms with E-state index >= 15 is 0 Å². The van der Waals surface area contributed by atoms with Crippen LogP contribution in [0.5, 0.6) is 0 Å². The molecule has 0 aliphatic rings. The van der Waals surface area contributed by atoms with E-state index in [4.69, 9.17) is 4.42 Å². The SMILES string of the molecule is C=C(CNC(C)C)CSc1nc(C)co1. The van der Waals surface area contributed by atoms with E-state index in [1.54, 1.807) is 18.0 Å². The van der Waals surface area contributed by atoms with E-state index in [0.29, 0.717) is 6.04 Å². The Bertz CT molecular complexity index is 320. The summed E-state index contributed by atoms with van der Waals surface area (Å²) in [4.78, 5) is 4.21. The van der Waals surface area contributed by atoms with Crippen molar-refractivity contribution in [2.75, 3.05) is 12.3 Å². The average molecular weight is 226 g/mol. The molecular formula is C11H18N2OS. The van der Waals surface area contributed by atoms with E-state index in [1.807, 2.05) is 6.92 Å². The van der Waals surface area contributed by atoms with Crippen LogP contribution in [0.4, 0.5) is 0 Å². The minimum absolute atomic E-state index is 0.496. The Hall–Kier alpha value is -0.740. The van der Waals surface area contributed by atoms with Crippen molar-refractivity contribution in [3.8, 4) is 0 Å². The van der Waals surface area contributed by atoms with Gasteiger partial charge in [-0.3, -0.25) is 0 Å². The first kappa shape index (κ1) is 12.3. The Labute approximate surface area is 95.3 Å². The summed E-state index contributed by atoms with van der Waals surface area (Å²) in [5.41, 5.74) is 2.08. The van der Waals surface area contributed by atoms with Crippen LogP contribution in [0.1, 0.15) is 19.5 Å². The number of aryl methyl sites for hydroxylation is 1. The molecule has 0 bridgehead atoms. The molecule has 4 heteroatoms. The molecule has 0 atom stereocenters. The number of aromatic nitrogens is 1. The number of hydrogen-bond acceptors (Lipinski definition) is 4. The molecule has 1 aromatic heterocycles. The average Bonchev–Trinajstić information content (AvgIpc) is 2.58. The van der Waals surface area contributed by atoms with Crippen LogP contribution < -0.4 is 5.32 Å². The second kappa shape index (κ2) is 5.98. The number of thioether (sulfide) groups is 1. The van der Waals surface area contributed by atoms with Gasteiger partial charge in [-0.1, -0.05) is 37.8 Å². The number of hydrogen-bond donors (Lipinski definition) is 1. The van der Waals surface area contributed by atoms with E-state index < -0.39 is 0 Å². The maximum absolute atomic E-state index is 5.23. The predicted molar refractivity (Wildman–Crippen MR) is 64.2 cm³/mol. The molecule has 1 N–H and O–H groups in total. The molecule has 0 amide bonds. The summed E-state index contributed by atoms with van der Waals surface area (Å²) < 4.78 is 5.23. The highest BCUT2D eigenvalue weighted by Gasteiger charge is 2.03. The van der Waals surface area contributed by atoms with Crippen LogP contribution in [0, 0.1) is 6.92 Å². The van der Waals surface area contributed by atoms with Crippen molar-refractivity contribution in [2.24, 2.45) is 0 Å². The third-order valence-corrected chi connectivity index (χ3v) is 2.75. The molecular weight excluding hydrogens is 208 g/mol. The predicted octanol–water partition coefficient (Wildman–Crippen LogP) is 2.63. The van der Waals surface area contributed by atoms with Crippen molar-refractivity contribution >= 4 is 11.8 Å². The summed E-state index contributed by atoms with van der Waals surface area (Å²) in [6, 6.07) is 0.496. The highest BCUT2D eigenvalue weighted by atomic mass is 32.2. The normalized spacial score (nSPS) is 10.9. The summed E-state index contributed by atoms with van der Waals surface area (Å²) in [7, 11) is 0. The van der Waals surface area contributed by atoms with Crippen LogP contribution in [0.3, 0.4) is 0 Å². The van der Waals surface area contributed by atoms with Gasteiger partial charge in [0.1, 0.15) is 6.26 Å². The van der Waals surface area contributed by atoms with Gasteiger partial charge in [0.05, 0.1) is 5.69 Å². The second-order valence-corrected chi connectivity index (χ2v) is 4.76. The van der Waals surface area contributed by atoms with E-state index in [0.717, 1.165) is 28.8 Å². The molecule has 15 heavy (non-hydrogen) atoms. The smallest absolute Gasteiger partial charge is 0.256 e. The lowest BCUT2D eigenvalue weighted by Gasteiger charge is -2.08. The van der Waals surface area contributed by atoms with E-state index in [-0.39, 0.29) is 0 Å². The molecule has 0 aromatic carbocycles. The monoisotopic (exact) mass is 226 g/mol. The van der Waals surface area contributed by atoms with Gasteiger partial charge in [-0.15, -0.1) is 0 Å². The Morgan fingerprint density at radius 1 is 1.67 bits per heavy atom. The number of oxazole rings is 1. The zero-order chi connectivity index (χ0) is 11.3. The third-order valence-electron chi connectivity index (χ3n) is 1.76. The minimum atomic E-state index is 0.496. The molecule has 0 spiro atoms. The highest BCUT2D eigenvalue weighted by molar-refractivity contribution is 7.99. The fraction of sp³-hybridized carbons (Fsp3) is 0.545. The largest absolute Gasteiger partial charge is 0.440 e. The quantitative estimate of drug-likeness (QED) is 0.598. The highest BCUT2D eigenvalue weighted by Crippen LogP contribution is 2.18. The van der Waals surface area contributed by atoms with Crippen molar-refractivity contribution in [3.63, 3.8) is 0 Å². The zero-order valence-electron chi connectivity index (χ0n) is 9.54. The van der Waals surface area contributed by atoms with Crippen LogP contribution in [0.25, 0.3) is 0 Å². The van der Waals surface area contributed by atoms with Crippen LogP contribution in [-0.4, -0.2) is 23.3 Å². The Morgan fingerprint density at radius 3 is 2.93 bits per heavy atom. The Morgan fingerprint density at radius 2 is 2.40 bits per heavy atom. The van der Waals surface area contributed by atoms with Gasteiger partial charge in [0, 0.05) is 18.3 Å². The van der Waals surface area contributed by atoms with Crippen molar-refractivity contribution in [2.45, 2.75) is 32.0 Å². The zero-order valence-corrected chi connectivity index (χ0v) is 10.4. The van der Waals surface area contributed by atoms with Crippen molar-refractivity contribution in [1.29, 1.82) is 0 Å². The van der Waals surface area contributed by atoms with Gasteiger partial charge in [0.2, 0.25) is 0 Å². The number of rotatable bonds is 6. The second-order valence-electron chi connectivity index (χ2n) is 3.83. The standard InChI is InChI=1S/C11H18N2OS/c1-8(2)12-5-9(3)7-15-11-13-10(4)6-14-11/h6,8,12H,3,5,7H2,1-2,4H3. The number of nitrogens with one attached hydrogen (secondary N) is 1. The summed E-state index contributed by atoms with van der Waals surface area (Å²) >= 11 is 1.58. The fourth-order valence-electron chi connectivity index (χ4n) is 0.962. The van der Waals surface area contributed by atoms with Crippen molar-refractivity contribution < 1.29 is 4.42 Å². The molecule has 3 nitrogen and oxygen atoms in total. The van der Waals surface area contributed by atoms with Crippen molar-refractivity contribution in [3.05, 3.63) is 24.1 Å². The topological polar surface area (TPSA) is 38.1 Å². The lowest BCUT2D eigenvalue weighted by atomic mass is 10.3.